The Morgan fingerprint density at radius 1 is 1.77 bits per heavy atom. The van der Waals surface area contributed by atoms with E-state index in [0.717, 1.165) is 4.90 Å². The van der Waals surface area contributed by atoms with E-state index in [2.05, 4.69) is 6.58 Å². The normalized spacial score (nSPS) is 28.7. The molecule has 0 spiro atoms. The van der Waals surface area contributed by atoms with Crippen molar-refractivity contribution in [2.24, 2.45) is 5.92 Å². The summed E-state index contributed by atoms with van der Waals surface area (Å²) in [5.74, 6) is -0.0571. The van der Waals surface area contributed by atoms with Crippen molar-refractivity contribution in [1.29, 1.82) is 0 Å². The monoisotopic (exact) mass is 183 g/mol. The summed E-state index contributed by atoms with van der Waals surface area (Å²) >= 11 is 0. The van der Waals surface area contributed by atoms with Gasteiger partial charge in [0.2, 0.25) is 0 Å². The third kappa shape index (κ3) is 1.88. The number of ketones is 1. The van der Waals surface area contributed by atoms with Crippen LogP contribution < -0.4 is 0 Å². The molecule has 72 valence electrons. The number of nitrogens with zero attached hydrogens (tertiary/aromatic N) is 1. The zero-order valence-electron chi connectivity index (χ0n) is 7.56. The second-order valence-corrected chi connectivity index (χ2v) is 3.28. The van der Waals surface area contributed by atoms with Crippen LogP contribution >= 0.6 is 0 Å². The fourth-order valence-corrected chi connectivity index (χ4v) is 1.48. The maximum Gasteiger partial charge on any atom is 0.407 e. The Morgan fingerprint density at radius 3 is 2.85 bits per heavy atom. The fourth-order valence-electron chi connectivity index (χ4n) is 1.48. The van der Waals surface area contributed by atoms with Crippen LogP contribution in [0.3, 0.4) is 0 Å². The zero-order valence-corrected chi connectivity index (χ0v) is 7.56. The SMILES string of the molecule is C=CC1CC(=O)C(C)N(C(=O)O)C1. The minimum Gasteiger partial charge on any atom is -0.465 e. The van der Waals surface area contributed by atoms with Crippen LogP contribution in [-0.4, -0.2) is 34.5 Å². The van der Waals surface area contributed by atoms with E-state index >= 15 is 0 Å². The molecule has 1 saturated heterocycles. The van der Waals surface area contributed by atoms with Crippen molar-refractivity contribution in [2.75, 3.05) is 6.54 Å². The molecule has 0 saturated carbocycles. The molecule has 4 nitrogen and oxygen atoms in total. The minimum atomic E-state index is -1.03. The predicted molar refractivity (Wildman–Crippen MR) is 47.5 cm³/mol. The number of carbonyl (C=O) groups is 2. The Labute approximate surface area is 76.8 Å². The van der Waals surface area contributed by atoms with Crippen LogP contribution in [0.1, 0.15) is 13.3 Å². The Balaban J connectivity index is 2.77. The van der Waals surface area contributed by atoms with Gasteiger partial charge in [-0.2, -0.15) is 0 Å². The summed E-state index contributed by atoms with van der Waals surface area (Å²) in [7, 11) is 0. The third-order valence-electron chi connectivity index (χ3n) is 2.41. The summed E-state index contributed by atoms with van der Waals surface area (Å²) < 4.78 is 0. The number of carbonyl (C=O) groups excluding carboxylic acids is 1. The molecule has 2 atom stereocenters. The molecule has 0 aromatic heterocycles. The van der Waals surface area contributed by atoms with E-state index < -0.39 is 12.1 Å². The number of rotatable bonds is 1. The molecule has 1 heterocycles. The number of amides is 1. The second kappa shape index (κ2) is 3.60. The average molecular weight is 183 g/mol. The highest BCUT2D eigenvalue weighted by molar-refractivity contribution is 5.88. The summed E-state index contributed by atoms with van der Waals surface area (Å²) in [6.07, 6.45) is 1.01. The minimum absolute atomic E-state index is 0.0280. The van der Waals surface area contributed by atoms with Gasteiger partial charge >= 0.3 is 6.09 Å². The Kier molecular flexibility index (Phi) is 2.70. The highest BCUT2D eigenvalue weighted by Crippen LogP contribution is 2.19. The van der Waals surface area contributed by atoms with Gasteiger partial charge in [-0.1, -0.05) is 6.08 Å². The average Bonchev–Trinajstić information content (AvgIpc) is 2.09. The standard InChI is InChI=1S/C9H13NO3/c1-3-7-4-8(11)6(2)10(5-7)9(12)13/h3,6-7H,1,4-5H2,2H3,(H,12,13). The topological polar surface area (TPSA) is 57.6 Å². The highest BCUT2D eigenvalue weighted by atomic mass is 16.4. The molecular formula is C9H13NO3. The van der Waals surface area contributed by atoms with Crippen molar-refractivity contribution in [2.45, 2.75) is 19.4 Å². The lowest BCUT2D eigenvalue weighted by molar-refractivity contribution is -0.126. The summed E-state index contributed by atoms with van der Waals surface area (Å²) in [5, 5.41) is 8.78. The van der Waals surface area contributed by atoms with E-state index in [9.17, 15) is 9.59 Å². The lowest BCUT2D eigenvalue weighted by Crippen LogP contribution is -2.49. The highest BCUT2D eigenvalue weighted by Gasteiger charge is 2.33. The molecular weight excluding hydrogens is 170 g/mol. The molecule has 2 unspecified atom stereocenters. The van der Waals surface area contributed by atoms with Gasteiger partial charge < -0.3 is 5.11 Å². The molecule has 0 aromatic carbocycles. The number of piperidine rings is 1. The van der Waals surface area contributed by atoms with Gasteiger partial charge in [0, 0.05) is 18.9 Å². The lowest BCUT2D eigenvalue weighted by atomic mass is 9.93. The van der Waals surface area contributed by atoms with Crippen LogP contribution in [-0.2, 0) is 4.79 Å². The van der Waals surface area contributed by atoms with Gasteiger partial charge in [-0.3, -0.25) is 9.69 Å². The second-order valence-electron chi connectivity index (χ2n) is 3.28. The van der Waals surface area contributed by atoms with E-state index in [4.69, 9.17) is 5.11 Å². The first kappa shape index (κ1) is 9.77. The molecule has 0 aliphatic carbocycles. The summed E-state index contributed by atoms with van der Waals surface area (Å²) in [6.45, 7) is 5.57. The molecule has 1 rings (SSSR count). The number of likely N-dealkylation sites (tertiary alicyclic amines) is 1. The first-order valence-corrected chi connectivity index (χ1v) is 4.21. The smallest absolute Gasteiger partial charge is 0.407 e. The molecule has 1 N–H and O–H groups in total. The Hall–Kier alpha value is -1.32. The first-order chi connectivity index (χ1) is 6.06. The van der Waals surface area contributed by atoms with Crippen LogP contribution in [0.5, 0.6) is 0 Å². The molecule has 1 aliphatic heterocycles. The molecule has 1 amide bonds. The maximum atomic E-state index is 11.3. The van der Waals surface area contributed by atoms with E-state index in [1.807, 2.05) is 0 Å². The quantitative estimate of drug-likeness (QED) is 0.620. The van der Waals surface area contributed by atoms with Crippen LogP contribution in [0.15, 0.2) is 12.7 Å². The Bertz CT molecular complexity index is 249. The molecule has 4 heteroatoms. The number of carboxylic acid groups (broad SMARTS) is 1. The van der Waals surface area contributed by atoms with Gasteiger partial charge in [0.25, 0.3) is 0 Å². The third-order valence-corrected chi connectivity index (χ3v) is 2.41. The van der Waals surface area contributed by atoms with Crippen LogP contribution in [0.4, 0.5) is 4.79 Å². The summed E-state index contributed by atoms with van der Waals surface area (Å²) in [6, 6.07) is -0.506. The fraction of sp³-hybridized carbons (Fsp3) is 0.556. The van der Waals surface area contributed by atoms with Gasteiger partial charge in [0.1, 0.15) is 0 Å². The van der Waals surface area contributed by atoms with Crippen molar-refractivity contribution in [1.82, 2.24) is 4.90 Å². The van der Waals surface area contributed by atoms with E-state index in [1.54, 1.807) is 13.0 Å². The molecule has 13 heavy (non-hydrogen) atoms. The van der Waals surface area contributed by atoms with Gasteiger partial charge in [-0.25, -0.2) is 4.79 Å². The van der Waals surface area contributed by atoms with Gasteiger partial charge in [-0.15, -0.1) is 6.58 Å². The molecule has 1 fully saturated rings. The van der Waals surface area contributed by atoms with Gasteiger partial charge in [-0.05, 0) is 6.92 Å². The maximum absolute atomic E-state index is 11.3. The molecule has 0 aromatic rings. The van der Waals surface area contributed by atoms with E-state index in [1.165, 1.54) is 0 Å². The van der Waals surface area contributed by atoms with Gasteiger partial charge in [0.15, 0.2) is 5.78 Å². The van der Waals surface area contributed by atoms with Crippen LogP contribution in [0.25, 0.3) is 0 Å². The summed E-state index contributed by atoms with van der Waals surface area (Å²) in [4.78, 5) is 23.2. The van der Waals surface area contributed by atoms with Crippen molar-refractivity contribution < 1.29 is 14.7 Å². The lowest BCUT2D eigenvalue weighted by Gasteiger charge is -2.33. The van der Waals surface area contributed by atoms with Crippen molar-refractivity contribution >= 4 is 11.9 Å². The summed E-state index contributed by atoms with van der Waals surface area (Å²) in [5.41, 5.74) is 0. The number of hydrogen-bond donors (Lipinski definition) is 1. The van der Waals surface area contributed by atoms with Crippen molar-refractivity contribution in [3.8, 4) is 0 Å². The van der Waals surface area contributed by atoms with Gasteiger partial charge in [0.05, 0.1) is 6.04 Å². The van der Waals surface area contributed by atoms with Crippen LogP contribution in [0, 0.1) is 5.92 Å². The molecule has 0 bridgehead atoms. The zero-order chi connectivity index (χ0) is 10.0. The molecule has 1 aliphatic rings. The Morgan fingerprint density at radius 2 is 2.38 bits per heavy atom. The number of Topliss-reactive ketones (excluding diaryl/α,β-unsaturated/α-hetero) is 1. The van der Waals surface area contributed by atoms with Crippen molar-refractivity contribution in [3.05, 3.63) is 12.7 Å². The number of hydrogen-bond acceptors (Lipinski definition) is 2. The van der Waals surface area contributed by atoms with Crippen molar-refractivity contribution in [3.63, 3.8) is 0 Å². The van der Waals surface area contributed by atoms with E-state index in [-0.39, 0.29) is 11.7 Å². The molecule has 0 radical (unpaired) electrons. The van der Waals surface area contributed by atoms with E-state index in [0.29, 0.717) is 13.0 Å². The van der Waals surface area contributed by atoms with Crippen LogP contribution in [0.2, 0.25) is 0 Å². The predicted octanol–water partition coefficient (Wildman–Crippen LogP) is 1.13. The first-order valence-electron chi connectivity index (χ1n) is 4.21. The largest absolute Gasteiger partial charge is 0.465 e.